The van der Waals surface area contributed by atoms with Gasteiger partial charge in [0.15, 0.2) is 5.69 Å². The number of carbonyl (C=O) groups is 1. The smallest absolute Gasteiger partial charge is 0.418 e. The molecule has 27 heavy (non-hydrogen) atoms. The Labute approximate surface area is 151 Å². The van der Waals surface area contributed by atoms with E-state index in [1.165, 1.54) is 18.2 Å². The fourth-order valence-electron chi connectivity index (χ4n) is 2.86. The summed E-state index contributed by atoms with van der Waals surface area (Å²) in [5.41, 5.74) is 0.375. The van der Waals surface area contributed by atoms with E-state index < -0.39 is 17.6 Å². The fourth-order valence-corrected chi connectivity index (χ4v) is 2.86. The number of carbonyl (C=O) groups excluding carboxylic acids is 1. The van der Waals surface area contributed by atoms with Crippen LogP contribution in [0, 0.1) is 0 Å². The molecule has 0 saturated heterocycles. The minimum absolute atomic E-state index is 0.0938. The van der Waals surface area contributed by atoms with Crippen molar-refractivity contribution >= 4 is 11.6 Å². The summed E-state index contributed by atoms with van der Waals surface area (Å²) in [6.45, 7) is 0.597. The van der Waals surface area contributed by atoms with Gasteiger partial charge in [-0.05, 0) is 35.9 Å². The number of benzene rings is 2. The van der Waals surface area contributed by atoms with Crippen molar-refractivity contribution in [3.8, 4) is 11.4 Å². The van der Waals surface area contributed by atoms with Gasteiger partial charge in [0.25, 0.3) is 5.91 Å². The van der Waals surface area contributed by atoms with Crippen LogP contribution in [0.25, 0.3) is 5.69 Å². The van der Waals surface area contributed by atoms with Crippen molar-refractivity contribution in [2.75, 3.05) is 11.9 Å². The van der Waals surface area contributed by atoms with E-state index in [-0.39, 0.29) is 11.4 Å². The molecule has 2 heterocycles. The number of alkyl halides is 3. The van der Waals surface area contributed by atoms with E-state index in [0.29, 0.717) is 12.3 Å². The largest absolute Gasteiger partial charge is 0.493 e. The minimum atomic E-state index is -4.54. The molecule has 1 aliphatic heterocycles. The van der Waals surface area contributed by atoms with Crippen LogP contribution in [0.1, 0.15) is 21.6 Å². The average molecular weight is 374 g/mol. The zero-order chi connectivity index (χ0) is 19.0. The van der Waals surface area contributed by atoms with Crippen LogP contribution < -0.4 is 10.1 Å². The molecule has 6 nitrogen and oxygen atoms in total. The molecule has 0 bridgehead atoms. The maximum Gasteiger partial charge on any atom is 0.418 e. The van der Waals surface area contributed by atoms with Crippen LogP contribution >= 0.6 is 0 Å². The third-order valence-corrected chi connectivity index (χ3v) is 4.13. The van der Waals surface area contributed by atoms with Gasteiger partial charge in [-0.25, -0.2) is 4.68 Å². The molecule has 1 aliphatic rings. The molecule has 0 saturated carbocycles. The van der Waals surface area contributed by atoms with Crippen molar-refractivity contribution in [3.63, 3.8) is 0 Å². The number of aromatic nitrogens is 3. The Kier molecular flexibility index (Phi) is 4.06. The first-order chi connectivity index (χ1) is 12.9. The Morgan fingerprint density at radius 3 is 2.81 bits per heavy atom. The summed E-state index contributed by atoms with van der Waals surface area (Å²) in [7, 11) is 0. The lowest BCUT2D eigenvalue weighted by Gasteiger charge is -2.11. The summed E-state index contributed by atoms with van der Waals surface area (Å²) >= 11 is 0. The zero-order valence-electron chi connectivity index (χ0n) is 13.8. The SMILES string of the molecule is O=C(Nc1ccc2c(c1)CCO2)c1cn(-c2ccccc2C(F)(F)F)nn1. The summed E-state index contributed by atoms with van der Waals surface area (Å²) < 4.78 is 45.8. The van der Waals surface area contributed by atoms with E-state index >= 15 is 0 Å². The van der Waals surface area contributed by atoms with E-state index in [0.717, 1.165) is 34.7 Å². The Morgan fingerprint density at radius 1 is 1.19 bits per heavy atom. The predicted octanol–water partition coefficient (Wildman–Crippen LogP) is 3.47. The van der Waals surface area contributed by atoms with Gasteiger partial charge in [0, 0.05) is 12.1 Å². The first-order valence-corrected chi connectivity index (χ1v) is 8.08. The Hall–Kier alpha value is -3.36. The first-order valence-electron chi connectivity index (χ1n) is 8.08. The number of para-hydroxylation sites is 1. The third-order valence-electron chi connectivity index (χ3n) is 4.13. The van der Waals surface area contributed by atoms with Crippen LogP contribution in [0.4, 0.5) is 18.9 Å². The van der Waals surface area contributed by atoms with Gasteiger partial charge in [0.2, 0.25) is 0 Å². The molecule has 0 fully saturated rings. The summed E-state index contributed by atoms with van der Waals surface area (Å²) in [4.78, 5) is 12.4. The molecule has 0 aliphatic carbocycles. The highest BCUT2D eigenvalue weighted by molar-refractivity contribution is 6.02. The van der Waals surface area contributed by atoms with Crippen molar-refractivity contribution in [1.29, 1.82) is 0 Å². The number of ether oxygens (including phenoxy) is 1. The monoisotopic (exact) mass is 374 g/mol. The highest BCUT2D eigenvalue weighted by atomic mass is 19.4. The Morgan fingerprint density at radius 2 is 2.00 bits per heavy atom. The van der Waals surface area contributed by atoms with Gasteiger partial charge in [0.1, 0.15) is 5.75 Å². The number of rotatable bonds is 3. The van der Waals surface area contributed by atoms with Gasteiger partial charge in [-0.3, -0.25) is 4.79 Å². The number of nitrogens with one attached hydrogen (secondary N) is 1. The lowest BCUT2D eigenvalue weighted by Crippen LogP contribution is -2.12. The van der Waals surface area contributed by atoms with Crippen LogP contribution in [-0.2, 0) is 12.6 Å². The highest BCUT2D eigenvalue weighted by Crippen LogP contribution is 2.33. The summed E-state index contributed by atoms with van der Waals surface area (Å²) in [5.74, 6) is 0.215. The molecule has 3 aromatic rings. The molecular weight excluding hydrogens is 361 g/mol. The zero-order valence-corrected chi connectivity index (χ0v) is 13.8. The predicted molar refractivity (Wildman–Crippen MR) is 90.0 cm³/mol. The molecule has 1 amide bonds. The van der Waals surface area contributed by atoms with Crippen LogP contribution in [0.5, 0.6) is 5.75 Å². The molecule has 9 heteroatoms. The van der Waals surface area contributed by atoms with E-state index in [2.05, 4.69) is 15.6 Å². The van der Waals surface area contributed by atoms with Crippen molar-refractivity contribution in [2.45, 2.75) is 12.6 Å². The van der Waals surface area contributed by atoms with Gasteiger partial charge in [-0.2, -0.15) is 13.2 Å². The van der Waals surface area contributed by atoms with E-state index in [1.54, 1.807) is 18.2 Å². The quantitative estimate of drug-likeness (QED) is 0.762. The number of hydrogen-bond acceptors (Lipinski definition) is 4. The third kappa shape index (κ3) is 3.35. The number of anilines is 1. The molecule has 1 N–H and O–H groups in total. The van der Waals surface area contributed by atoms with Gasteiger partial charge in [0.05, 0.1) is 24.1 Å². The second-order valence-corrected chi connectivity index (χ2v) is 5.94. The van der Waals surface area contributed by atoms with Crippen LogP contribution in [-0.4, -0.2) is 27.5 Å². The molecule has 0 radical (unpaired) electrons. The molecule has 0 spiro atoms. The lowest BCUT2D eigenvalue weighted by molar-refractivity contribution is -0.137. The highest BCUT2D eigenvalue weighted by Gasteiger charge is 2.34. The van der Waals surface area contributed by atoms with Crippen molar-refractivity contribution < 1.29 is 22.7 Å². The summed E-state index contributed by atoms with van der Waals surface area (Å²) in [5, 5.41) is 10.0. The molecule has 4 rings (SSSR count). The number of amides is 1. The fraction of sp³-hybridized carbons (Fsp3) is 0.167. The Bertz CT molecular complexity index is 1010. The molecular formula is C18H13F3N4O2. The number of halogens is 3. The van der Waals surface area contributed by atoms with E-state index in [9.17, 15) is 18.0 Å². The maximum absolute atomic E-state index is 13.1. The maximum atomic E-state index is 13.1. The lowest BCUT2D eigenvalue weighted by atomic mass is 10.1. The van der Waals surface area contributed by atoms with Crippen LogP contribution in [0.3, 0.4) is 0 Å². The van der Waals surface area contributed by atoms with E-state index in [4.69, 9.17) is 4.74 Å². The Balaban J connectivity index is 1.57. The summed E-state index contributed by atoms with van der Waals surface area (Å²) in [6, 6.07) is 10.2. The van der Waals surface area contributed by atoms with E-state index in [1.807, 2.05) is 0 Å². The number of hydrogen-bond donors (Lipinski definition) is 1. The normalized spacial score (nSPS) is 13.1. The average Bonchev–Trinajstić information content (AvgIpc) is 3.30. The summed E-state index contributed by atoms with van der Waals surface area (Å²) in [6.07, 6.45) is -2.63. The molecule has 1 aromatic heterocycles. The van der Waals surface area contributed by atoms with Crippen molar-refractivity contribution in [1.82, 2.24) is 15.0 Å². The minimum Gasteiger partial charge on any atom is -0.493 e. The van der Waals surface area contributed by atoms with Crippen molar-refractivity contribution in [2.24, 2.45) is 0 Å². The van der Waals surface area contributed by atoms with Crippen LogP contribution in [0.2, 0.25) is 0 Å². The van der Waals surface area contributed by atoms with Gasteiger partial charge < -0.3 is 10.1 Å². The number of fused-ring (bicyclic) bond motifs is 1. The van der Waals surface area contributed by atoms with Gasteiger partial charge in [-0.1, -0.05) is 17.3 Å². The molecule has 0 atom stereocenters. The first kappa shape index (κ1) is 17.1. The van der Waals surface area contributed by atoms with Gasteiger partial charge >= 0.3 is 6.18 Å². The van der Waals surface area contributed by atoms with Crippen molar-refractivity contribution in [3.05, 3.63) is 65.5 Å². The topological polar surface area (TPSA) is 69.0 Å². The standard InChI is InChI=1S/C18H13F3N4O2/c19-18(20,21)13-3-1-2-4-15(13)25-10-14(23-24-25)17(26)22-12-5-6-16-11(9-12)7-8-27-16/h1-6,9-10H,7-8H2,(H,22,26). The molecule has 138 valence electrons. The number of nitrogens with zero attached hydrogens (tertiary/aromatic N) is 3. The van der Waals surface area contributed by atoms with Gasteiger partial charge in [-0.15, -0.1) is 5.10 Å². The van der Waals surface area contributed by atoms with Crippen LogP contribution in [0.15, 0.2) is 48.7 Å². The molecule has 0 unspecified atom stereocenters. The second-order valence-electron chi connectivity index (χ2n) is 5.94. The second kappa shape index (κ2) is 6.42. The molecule has 2 aromatic carbocycles.